The number of benzene rings is 2. The number of Topliss-reactive ketones (excluding diaryl/α,β-unsaturated/α-hetero) is 1. The molecule has 131 heavy (non-hydrogen) atoms. The minimum Gasteiger partial charge on any atom is -0.396 e. The van der Waals surface area contributed by atoms with Gasteiger partial charge in [-0.3, -0.25) is 52.5 Å². The van der Waals surface area contributed by atoms with Crippen molar-refractivity contribution in [2.45, 2.75) is 178 Å². The second kappa shape index (κ2) is 54.3. The molecule has 742 valence electrons. The molecule has 0 spiro atoms. The third-order valence-corrected chi connectivity index (χ3v) is 23.6. The Labute approximate surface area is 755 Å². The molecule has 7 rings (SSSR count). The van der Waals surface area contributed by atoms with Crippen LogP contribution in [0.5, 0.6) is 0 Å². The Morgan fingerprint density at radius 1 is 0.435 bits per heavy atom. The largest absolute Gasteiger partial charge is 0.469 e. The molecule has 48 nitrogen and oxygen atoms in total. The molecule has 0 aliphatic carbocycles. The van der Waals surface area contributed by atoms with E-state index in [2.05, 4.69) is 42.5 Å². The second-order valence-corrected chi connectivity index (χ2v) is 34.4. The summed E-state index contributed by atoms with van der Waals surface area (Å²) in [6, 6.07) is 5.84. The summed E-state index contributed by atoms with van der Waals surface area (Å²) in [5.74, 6) is -10.8. The van der Waals surface area contributed by atoms with Gasteiger partial charge in [-0.2, -0.15) is 0 Å². The number of nitrogens with zero attached hydrogens (tertiary/aromatic N) is 1. The van der Waals surface area contributed by atoms with Gasteiger partial charge in [0, 0.05) is 127 Å². The zero-order valence-electron chi connectivity index (χ0n) is 73.9. The number of hydrogen-bond donors (Lipinski definition) is 23. The van der Waals surface area contributed by atoms with Gasteiger partial charge in [0.2, 0.25) is 29.5 Å². The Morgan fingerprint density at radius 2 is 0.794 bits per heavy atom. The van der Waals surface area contributed by atoms with E-state index in [0.717, 1.165) is 0 Å². The Hall–Kier alpha value is -7.55. The van der Waals surface area contributed by atoms with Gasteiger partial charge >= 0.3 is 7.82 Å². The van der Waals surface area contributed by atoms with Crippen molar-refractivity contribution in [3.8, 4) is 0 Å². The zero-order chi connectivity index (χ0) is 96.5. The van der Waals surface area contributed by atoms with E-state index in [1.54, 1.807) is 41.5 Å². The number of carbonyl (C=O) groups is 10. The summed E-state index contributed by atoms with van der Waals surface area (Å²) in [6.07, 6.45) is -21.4. The fraction of sp³-hybridized carbons (Fsp3) is 0.732. The molecule has 0 bridgehead atoms. The molecule has 5 aliphatic heterocycles. The highest BCUT2D eigenvalue weighted by Gasteiger charge is 2.54. The fourth-order valence-electron chi connectivity index (χ4n) is 14.7. The molecule has 5 fully saturated rings. The molecule has 0 radical (unpaired) electrons. The van der Waals surface area contributed by atoms with E-state index in [-0.39, 0.29) is 152 Å². The van der Waals surface area contributed by atoms with Crippen LogP contribution >= 0.6 is 7.82 Å². The first kappa shape index (κ1) is 110. The van der Waals surface area contributed by atoms with E-state index in [1.165, 1.54) is 41.3 Å². The number of amides is 9. The van der Waals surface area contributed by atoms with Crippen LogP contribution in [0.2, 0.25) is 0 Å². The SMILES string of the molecule is C[C@H]1C(OCCOCCNC(=O)c2cc(CC(=O)CNC(=O)CCC(NC(=O)CCC(=O)N3C[C@](C)(COP(=O)(O)O)[C@](C)(CO)C3)C(=O)NCC(=O)Nc3cc(C(=O)NCCOCCOC4O[C@H](CO)[C@H](O)[C@H](O)[C@H]4C)cc(C(=O)NCCOCCOC4O[C@H](CO)[C@H](O)[C@H](O)[C@H]4C)c3)cc(C(=O)NCCOCCOC3O[C@H](CO)[C@H](O)[C@H](O)[C@H]3C)c2)O[C@H](CO)[C@H](O)[C@@H]1O. The minimum atomic E-state index is -5.01. The summed E-state index contributed by atoms with van der Waals surface area (Å²) in [7, 11) is -5.01. The average Bonchev–Trinajstić information content (AvgIpc) is 1.60. The number of aliphatic hydroxyl groups is 13. The first-order valence-corrected chi connectivity index (χ1v) is 44.7. The van der Waals surface area contributed by atoms with Crippen molar-refractivity contribution in [2.24, 2.45) is 34.5 Å². The van der Waals surface area contributed by atoms with Crippen LogP contribution in [0.3, 0.4) is 0 Å². The number of phosphoric acid groups is 1. The topological polar surface area (TPSA) is 711 Å². The number of phosphoric ester groups is 1. The van der Waals surface area contributed by atoms with E-state index < -0.39 is 291 Å². The summed E-state index contributed by atoms with van der Waals surface area (Å²) >= 11 is 0. The van der Waals surface area contributed by atoms with E-state index in [1.807, 2.05) is 0 Å². The lowest BCUT2D eigenvalue weighted by Crippen LogP contribution is -2.55. The van der Waals surface area contributed by atoms with Crippen molar-refractivity contribution in [3.05, 3.63) is 64.2 Å². The first-order valence-electron chi connectivity index (χ1n) is 43.1. The van der Waals surface area contributed by atoms with Crippen LogP contribution in [0.4, 0.5) is 5.69 Å². The zero-order valence-corrected chi connectivity index (χ0v) is 74.8. The number of carbonyl (C=O) groups excluding carboxylic acids is 10. The van der Waals surface area contributed by atoms with Crippen molar-refractivity contribution in [3.63, 3.8) is 0 Å². The average molecular weight is 1900 g/mol. The highest BCUT2D eigenvalue weighted by molar-refractivity contribution is 7.46. The van der Waals surface area contributed by atoms with E-state index in [0.29, 0.717) is 0 Å². The van der Waals surface area contributed by atoms with Gasteiger partial charge in [-0.25, -0.2) is 4.57 Å². The van der Waals surface area contributed by atoms with Crippen molar-refractivity contribution in [1.82, 2.24) is 42.1 Å². The lowest BCUT2D eigenvalue weighted by molar-refractivity contribution is -0.284. The normalized spacial score (nSPS) is 28.8. The van der Waals surface area contributed by atoms with Gasteiger partial charge in [-0.15, -0.1) is 0 Å². The number of anilines is 1. The molecule has 5 saturated heterocycles. The third kappa shape index (κ3) is 33.7. The van der Waals surface area contributed by atoms with Gasteiger partial charge in [-0.05, 0) is 48.4 Å². The smallest absolute Gasteiger partial charge is 0.396 e. The summed E-state index contributed by atoms with van der Waals surface area (Å²) in [5.41, 5.74) is -2.89. The van der Waals surface area contributed by atoms with Gasteiger partial charge in [0.25, 0.3) is 23.6 Å². The second-order valence-electron chi connectivity index (χ2n) is 33.1. The van der Waals surface area contributed by atoms with Crippen LogP contribution in [0.15, 0.2) is 36.4 Å². The van der Waals surface area contributed by atoms with Gasteiger partial charge in [0.05, 0.1) is 156 Å². The Morgan fingerprint density at radius 3 is 1.15 bits per heavy atom. The maximum atomic E-state index is 14.3. The quantitative estimate of drug-likeness (QED) is 0.0216. The van der Waals surface area contributed by atoms with E-state index in [4.69, 9.17) is 61.4 Å². The number of hydrogen-bond acceptors (Lipinski definition) is 37. The van der Waals surface area contributed by atoms with Crippen LogP contribution in [-0.4, -0.2) is 416 Å². The summed E-state index contributed by atoms with van der Waals surface area (Å²) in [5, 5.41) is 151. The number of likely N-dealkylation sites (tertiary alicyclic amines) is 1. The molecule has 0 saturated carbocycles. The molecule has 5 aliphatic rings. The summed E-state index contributed by atoms with van der Waals surface area (Å²) in [6.45, 7) is 3.19. The minimum absolute atomic E-state index is 0.0188. The molecule has 2 aromatic carbocycles. The van der Waals surface area contributed by atoms with Crippen molar-refractivity contribution >= 4 is 72.5 Å². The van der Waals surface area contributed by atoms with Gasteiger partial charge in [0.1, 0.15) is 54.9 Å². The molecule has 0 aromatic heterocycles. The van der Waals surface area contributed by atoms with Crippen molar-refractivity contribution in [1.29, 1.82) is 0 Å². The van der Waals surface area contributed by atoms with Crippen molar-refractivity contribution in [2.75, 3.05) is 177 Å². The molecular weight excluding hydrogens is 1770 g/mol. The predicted molar refractivity (Wildman–Crippen MR) is 449 cm³/mol. The number of aliphatic hydroxyl groups excluding tert-OH is 13. The summed E-state index contributed by atoms with van der Waals surface area (Å²) in [4.78, 5) is 159. The number of nitrogens with one attached hydrogen (secondary N) is 8. The Balaban J connectivity index is 1.00. The molecule has 23 N–H and O–H groups in total. The monoisotopic (exact) mass is 1900 g/mol. The van der Waals surface area contributed by atoms with Crippen LogP contribution in [0.1, 0.15) is 114 Å². The Kier molecular flexibility index (Phi) is 45.8. The van der Waals surface area contributed by atoms with Gasteiger partial charge in [-0.1, -0.05) is 41.5 Å². The number of ether oxygens (including phenoxy) is 12. The maximum Gasteiger partial charge on any atom is 0.469 e. The fourth-order valence-corrected chi connectivity index (χ4v) is 15.2. The number of ketones is 1. The molecule has 23 atom stereocenters. The third-order valence-electron chi connectivity index (χ3n) is 23.2. The standard InChI is InChI=1S/C82H130N9O39P/c1-44-64(102)68(106)56(36-92)127-77(44)122-23-19-118-15-11-83-72(110)49-27-48(28-50(30-49)73(111)84-12-16-119-20-24-123-78-45(2)65(103)69(107)57(37-93)128-78)29-54(97)34-87-60(98)8-7-55(90-61(99)9-10-63(101)91-40-81(5,42-96)82(6,41-91)43-126-131(115,116)117)76(114)88-35-62(100)89-53-32-51(74(112)85-13-17-120-21-25-124-79-46(3)66(104)70(108)58(38-94)129-79)31-52(33-53)75(113)86-14-18-121-22-26-125-80-47(4)67(105)71(109)59(39-95)130-80/h27-28,30-33,44-47,55-59,64-71,77-80,92-96,102-109H,7-26,29,34-43H2,1-6H3,(H,83,110)(H,84,111)(H,85,112)(H,86,113)(H,87,98)(H,88,114)(H,89,100)(H,90,99)(H2,115,116,117)/t44-,45-,46-,47-,55?,56-,57-,58-,59-,64-,65-,66-,67-,68+,69+,70+,71+,77?,78?,79?,80?,81+,82-/m1/s1. The van der Waals surface area contributed by atoms with Crippen molar-refractivity contribution < 1.29 is 190 Å². The van der Waals surface area contributed by atoms with Crippen LogP contribution in [-0.2, 0) is 101 Å². The van der Waals surface area contributed by atoms with Crippen LogP contribution < -0.4 is 42.5 Å². The van der Waals surface area contributed by atoms with Crippen LogP contribution in [0, 0.1) is 34.5 Å². The predicted octanol–water partition coefficient (Wildman–Crippen LogP) is -7.98. The summed E-state index contributed by atoms with van der Waals surface area (Å²) < 4.78 is 83.9. The van der Waals surface area contributed by atoms with Gasteiger partial charge in [0.15, 0.2) is 30.9 Å². The number of rotatable bonds is 55. The molecular formula is C82H130N9O39P. The molecule has 2 aromatic rings. The lowest BCUT2D eigenvalue weighted by Gasteiger charge is -2.40. The molecule has 5 unspecified atom stereocenters. The van der Waals surface area contributed by atoms with Crippen LogP contribution in [0.25, 0.3) is 0 Å². The highest BCUT2D eigenvalue weighted by Crippen LogP contribution is 2.49. The molecule has 49 heteroatoms. The molecule has 9 amide bonds. The highest BCUT2D eigenvalue weighted by atomic mass is 31.2. The van der Waals surface area contributed by atoms with Gasteiger partial charge < -0.3 is 180 Å². The first-order chi connectivity index (χ1) is 62.2. The Bertz CT molecular complexity index is 3880. The lowest BCUT2D eigenvalue weighted by atomic mass is 9.69. The van der Waals surface area contributed by atoms with E-state index in [9.17, 15) is 129 Å². The maximum absolute atomic E-state index is 14.3. The van der Waals surface area contributed by atoms with E-state index >= 15 is 0 Å². The molecule has 5 heterocycles.